The number of aromatic amines is 1. The quantitative estimate of drug-likeness (QED) is 0.176. The second kappa shape index (κ2) is 13.8. The normalized spacial score (nSPS) is 18.6. The minimum absolute atomic E-state index is 0.169. The molecule has 6 aromatic rings. The first-order valence-corrected chi connectivity index (χ1v) is 19.3. The summed E-state index contributed by atoms with van der Waals surface area (Å²) in [5, 5.41) is 14.1. The summed E-state index contributed by atoms with van der Waals surface area (Å²) in [6, 6.07) is 26.4. The summed E-state index contributed by atoms with van der Waals surface area (Å²) >= 11 is 13.3. The second-order valence-electron chi connectivity index (χ2n) is 14.5. The number of fused-ring (bicyclic) bond motifs is 2. The fraction of sp³-hybridized carbons (Fsp3) is 0.256. The van der Waals surface area contributed by atoms with Crippen molar-refractivity contribution in [3.8, 4) is 0 Å². The third-order valence-corrected chi connectivity index (χ3v) is 11.6. The number of aromatic nitrogens is 5. The van der Waals surface area contributed by atoms with Gasteiger partial charge in [0.15, 0.2) is 5.82 Å². The minimum atomic E-state index is -0.242. The van der Waals surface area contributed by atoms with E-state index in [1.807, 2.05) is 56.3 Å². The number of nitrogens with zero attached hydrogens (tertiary/aromatic N) is 6. The summed E-state index contributed by atoms with van der Waals surface area (Å²) in [4.78, 5) is 27.8. The summed E-state index contributed by atoms with van der Waals surface area (Å²) in [5.41, 5.74) is 8.21. The van der Waals surface area contributed by atoms with E-state index < -0.39 is 0 Å². The Balaban J connectivity index is 1.17. The molecule has 0 aliphatic carbocycles. The minimum Gasteiger partial charge on any atom is -0.355 e. The van der Waals surface area contributed by atoms with Crippen LogP contribution in [0.5, 0.6) is 0 Å². The Bertz CT molecular complexity index is 2440. The standard InChI is InChI=1S/C43H40Cl2N8O/c1-25-9-8-20-52-40(29-13-15-30(44)16-14-29)33-23-31(45)24-35-37(33)38(41(52)36(25)28-10-5-4-6-11-28)39(47-35)43(54)48-34-12-7-19-46-42(34)51-21-17-32(18-22-51)53-26(2)49-50-27(53)3/h4-8,10-16,19-20,23-25,32,40,47H,9,17-18,21-22H2,1-3H3,(H,48,54). The van der Waals surface area contributed by atoms with E-state index in [0.717, 1.165) is 88.7 Å². The van der Waals surface area contributed by atoms with Crippen LogP contribution >= 0.6 is 23.2 Å². The maximum absolute atomic E-state index is 14.9. The van der Waals surface area contributed by atoms with Crippen molar-refractivity contribution in [3.63, 3.8) is 0 Å². The molecule has 3 aromatic carbocycles. The van der Waals surface area contributed by atoms with E-state index in [4.69, 9.17) is 28.2 Å². The molecule has 6 heterocycles. The number of rotatable bonds is 6. The Kier molecular flexibility index (Phi) is 8.79. The third kappa shape index (κ3) is 5.86. The van der Waals surface area contributed by atoms with Gasteiger partial charge < -0.3 is 24.7 Å². The van der Waals surface area contributed by atoms with Crippen LogP contribution in [0.2, 0.25) is 10.0 Å². The monoisotopic (exact) mass is 754 g/mol. The van der Waals surface area contributed by atoms with Gasteiger partial charge in [-0.25, -0.2) is 4.98 Å². The first-order chi connectivity index (χ1) is 26.3. The number of anilines is 2. The highest BCUT2D eigenvalue weighted by atomic mass is 35.5. The molecule has 11 heteroatoms. The van der Waals surface area contributed by atoms with Crippen LogP contribution in [0.25, 0.3) is 22.2 Å². The fourth-order valence-electron chi connectivity index (χ4n) is 8.82. The van der Waals surface area contributed by atoms with Gasteiger partial charge in [0.05, 0.1) is 17.4 Å². The Hall–Kier alpha value is -5.38. The van der Waals surface area contributed by atoms with Crippen molar-refractivity contribution >= 4 is 62.8 Å². The molecule has 1 amide bonds. The Morgan fingerprint density at radius 1 is 0.907 bits per heavy atom. The van der Waals surface area contributed by atoms with Crippen LogP contribution in [0.3, 0.4) is 0 Å². The zero-order valence-corrected chi connectivity index (χ0v) is 31.9. The lowest BCUT2D eigenvalue weighted by atomic mass is 9.82. The number of carbonyl (C=O) groups is 1. The number of amides is 1. The van der Waals surface area contributed by atoms with E-state index in [1.54, 1.807) is 6.20 Å². The van der Waals surface area contributed by atoms with Gasteiger partial charge in [-0.3, -0.25) is 4.79 Å². The highest BCUT2D eigenvalue weighted by Crippen LogP contribution is 2.53. The molecular formula is C43H40Cl2N8O. The summed E-state index contributed by atoms with van der Waals surface area (Å²) in [7, 11) is 0. The number of nitrogens with one attached hydrogen (secondary N) is 2. The van der Waals surface area contributed by atoms with Crippen molar-refractivity contribution in [2.24, 2.45) is 5.92 Å². The van der Waals surface area contributed by atoms with Crippen molar-refractivity contribution in [3.05, 3.63) is 147 Å². The zero-order valence-electron chi connectivity index (χ0n) is 30.4. The highest BCUT2D eigenvalue weighted by Gasteiger charge is 2.40. The number of halogens is 2. The molecule has 2 atom stereocenters. The molecule has 2 N–H and O–H groups in total. The maximum Gasteiger partial charge on any atom is 0.272 e. The van der Waals surface area contributed by atoms with Crippen LogP contribution in [0.1, 0.15) is 82.7 Å². The molecule has 0 bridgehead atoms. The summed E-state index contributed by atoms with van der Waals surface area (Å²) < 4.78 is 2.24. The van der Waals surface area contributed by atoms with Gasteiger partial charge in [0.25, 0.3) is 5.91 Å². The number of pyridine rings is 1. The van der Waals surface area contributed by atoms with E-state index in [9.17, 15) is 4.79 Å². The maximum atomic E-state index is 14.9. The lowest BCUT2D eigenvalue weighted by Gasteiger charge is -2.39. The summed E-state index contributed by atoms with van der Waals surface area (Å²) in [6.45, 7) is 7.86. The summed E-state index contributed by atoms with van der Waals surface area (Å²) in [5.74, 6) is 2.56. The molecule has 1 saturated heterocycles. The average molecular weight is 756 g/mol. The predicted octanol–water partition coefficient (Wildman–Crippen LogP) is 10.00. The third-order valence-electron chi connectivity index (χ3n) is 11.2. The fourth-order valence-corrected chi connectivity index (χ4v) is 9.17. The number of benzene rings is 3. The van der Waals surface area contributed by atoms with E-state index >= 15 is 0 Å². The number of hydrogen-bond donors (Lipinski definition) is 2. The molecule has 9 nitrogen and oxygen atoms in total. The lowest BCUT2D eigenvalue weighted by molar-refractivity contribution is 0.102. The van der Waals surface area contributed by atoms with Gasteiger partial charge in [-0.1, -0.05) is 78.7 Å². The van der Waals surface area contributed by atoms with E-state index in [0.29, 0.717) is 27.5 Å². The van der Waals surface area contributed by atoms with Crippen molar-refractivity contribution in [2.75, 3.05) is 23.3 Å². The molecule has 3 aliphatic rings. The Labute approximate surface area is 324 Å². The molecule has 272 valence electrons. The Morgan fingerprint density at radius 2 is 1.65 bits per heavy atom. The first kappa shape index (κ1) is 34.4. The first-order valence-electron chi connectivity index (χ1n) is 18.5. The van der Waals surface area contributed by atoms with Crippen LogP contribution in [0, 0.1) is 19.8 Å². The van der Waals surface area contributed by atoms with Crippen molar-refractivity contribution in [1.82, 2.24) is 29.6 Å². The SMILES string of the molecule is Cc1nnc(C)n1C1CCN(c2ncccc2NC(=O)c2[nH]c3cc(Cl)cc4c3c2C2=C(c3ccccc3)C(C)CC=CN2C4c2ccc(Cl)cc2)CC1. The molecule has 1 fully saturated rings. The number of allylic oxidation sites excluding steroid dienone is 2. The van der Waals surface area contributed by atoms with Crippen LogP contribution in [0.4, 0.5) is 11.5 Å². The van der Waals surface area contributed by atoms with Crippen LogP contribution < -0.4 is 10.2 Å². The molecule has 3 aliphatic heterocycles. The van der Waals surface area contributed by atoms with Crippen molar-refractivity contribution in [1.29, 1.82) is 0 Å². The molecule has 0 spiro atoms. The van der Waals surface area contributed by atoms with Gasteiger partial charge in [-0.2, -0.15) is 0 Å². The molecular weight excluding hydrogens is 715 g/mol. The van der Waals surface area contributed by atoms with Crippen molar-refractivity contribution in [2.45, 2.75) is 52.1 Å². The van der Waals surface area contributed by atoms with Crippen LogP contribution in [-0.2, 0) is 0 Å². The van der Waals surface area contributed by atoms with Gasteiger partial charge in [-0.15, -0.1) is 10.2 Å². The largest absolute Gasteiger partial charge is 0.355 e. The molecule has 2 unspecified atom stereocenters. The number of hydrogen-bond acceptors (Lipinski definition) is 6. The van der Waals surface area contributed by atoms with Crippen LogP contribution in [-0.4, -0.2) is 48.6 Å². The molecule has 54 heavy (non-hydrogen) atoms. The van der Waals surface area contributed by atoms with Crippen molar-refractivity contribution < 1.29 is 4.79 Å². The zero-order chi connectivity index (χ0) is 37.1. The van der Waals surface area contributed by atoms with Gasteiger partial charge in [-0.05, 0) is 97.7 Å². The smallest absolute Gasteiger partial charge is 0.272 e. The topological polar surface area (TPSA) is 95.0 Å². The van der Waals surface area contributed by atoms with Gasteiger partial charge >= 0.3 is 0 Å². The van der Waals surface area contributed by atoms with Gasteiger partial charge in [0.1, 0.15) is 17.3 Å². The predicted molar refractivity (Wildman–Crippen MR) is 217 cm³/mol. The number of aryl methyl sites for hydroxylation is 2. The van der Waals surface area contributed by atoms with Gasteiger partial charge in [0.2, 0.25) is 0 Å². The lowest BCUT2D eigenvalue weighted by Crippen LogP contribution is -2.36. The summed E-state index contributed by atoms with van der Waals surface area (Å²) in [6.07, 6.45) is 8.89. The van der Waals surface area contributed by atoms with E-state index in [-0.39, 0.29) is 17.9 Å². The number of carbonyl (C=O) groups excluding carboxylic acids is 1. The molecule has 9 rings (SSSR count). The highest BCUT2D eigenvalue weighted by molar-refractivity contribution is 6.32. The van der Waals surface area contributed by atoms with E-state index in [1.165, 1.54) is 5.57 Å². The molecule has 3 aromatic heterocycles. The van der Waals surface area contributed by atoms with E-state index in [2.05, 4.69) is 90.5 Å². The number of piperidine rings is 1. The number of H-pyrrole nitrogens is 1. The second-order valence-corrected chi connectivity index (χ2v) is 15.4. The molecule has 0 radical (unpaired) electrons. The van der Waals surface area contributed by atoms with Crippen LogP contribution in [0.15, 0.2) is 97.3 Å². The van der Waals surface area contributed by atoms with Gasteiger partial charge in [0, 0.05) is 58.0 Å². The Morgan fingerprint density at radius 3 is 2.39 bits per heavy atom. The molecule has 0 saturated carbocycles. The average Bonchev–Trinajstić information content (AvgIpc) is 3.67.